The van der Waals surface area contributed by atoms with Gasteiger partial charge in [0.25, 0.3) is 0 Å². The van der Waals surface area contributed by atoms with Crippen LogP contribution in [0.3, 0.4) is 0 Å². The maximum Gasteiger partial charge on any atom is 0.120 e. The lowest BCUT2D eigenvalue weighted by atomic mass is 10.2. The summed E-state index contributed by atoms with van der Waals surface area (Å²) in [5.74, 6) is 2.80. The molecule has 0 radical (unpaired) electrons. The van der Waals surface area contributed by atoms with Crippen molar-refractivity contribution in [3.05, 3.63) is 53.5 Å². The van der Waals surface area contributed by atoms with Crippen molar-refractivity contribution < 1.29 is 9.15 Å². The summed E-state index contributed by atoms with van der Waals surface area (Å²) in [6, 6.07) is 12.3. The number of hydrogen-bond donors (Lipinski definition) is 1. The molecular formula is C15H19NO2. The first kappa shape index (κ1) is 12.7. The molecule has 1 atom stereocenters. The summed E-state index contributed by atoms with van der Waals surface area (Å²) in [4.78, 5) is 0. The SMILES string of the molecule is COc1cccc(CNC(C)c2ccc(C)o2)c1. The summed E-state index contributed by atoms with van der Waals surface area (Å²) in [6.07, 6.45) is 0. The molecule has 3 nitrogen and oxygen atoms in total. The van der Waals surface area contributed by atoms with E-state index in [2.05, 4.69) is 18.3 Å². The second kappa shape index (κ2) is 5.74. The molecule has 0 saturated carbocycles. The molecule has 1 N–H and O–H groups in total. The Morgan fingerprint density at radius 2 is 2.11 bits per heavy atom. The molecule has 0 aliphatic heterocycles. The molecule has 96 valence electrons. The number of hydrogen-bond acceptors (Lipinski definition) is 3. The minimum absolute atomic E-state index is 0.199. The van der Waals surface area contributed by atoms with Crippen LogP contribution >= 0.6 is 0 Å². The van der Waals surface area contributed by atoms with Crippen molar-refractivity contribution >= 4 is 0 Å². The Morgan fingerprint density at radius 1 is 1.28 bits per heavy atom. The van der Waals surface area contributed by atoms with E-state index in [-0.39, 0.29) is 6.04 Å². The Balaban J connectivity index is 1.94. The topological polar surface area (TPSA) is 34.4 Å². The first-order valence-corrected chi connectivity index (χ1v) is 6.11. The van der Waals surface area contributed by atoms with Crippen molar-refractivity contribution in [2.24, 2.45) is 0 Å². The molecule has 0 aliphatic rings. The highest BCUT2D eigenvalue weighted by Gasteiger charge is 2.08. The summed E-state index contributed by atoms with van der Waals surface area (Å²) < 4.78 is 10.8. The van der Waals surface area contributed by atoms with Gasteiger partial charge in [0, 0.05) is 6.54 Å². The van der Waals surface area contributed by atoms with Gasteiger partial charge in [-0.25, -0.2) is 0 Å². The highest BCUT2D eigenvalue weighted by molar-refractivity contribution is 5.28. The van der Waals surface area contributed by atoms with E-state index >= 15 is 0 Å². The van der Waals surface area contributed by atoms with E-state index in [1.807, 2.05) is 37.3 Å². The predicted octanol–water partition coefficient (Wildman–Crippen LogP) is 3.45. The molecule has 0 spiro atoms. The van der Waals surface area contributed by atoms with Crippen molar-refractivity contribution in [3.8, 4) is 5.75 Å². The Hall–Kier alpha value is -1.74. The van der Waals surface area contributed by atoms with E-state index in [0.717, 1.165) is 23.8 Å². The van der Waals surface area contributed by atoms with Crippen molar-refractivity contribution in [1.29, 1.82) is 0 Å². The molecule has 1 unspecified atom stereocenters. The summed E-state index contributed by atoms with van der Waals surface area (Å²) in [7, 11) is 1.68. The monoisotopic (exact) mass is 245 g/mol. The zero-order valence-electron chi connectivity index (χ0n) is 11.1. The Labute approximate surface area is 108 Å². The van der Waals surface area contributed by atoms with Gasteiger partial charge >= 0.3 is 0 Å². The van der Waals surface area contributed by atoms with Crippen LogP contribution in [0.25, 0.3) is 0 Å². The van der Waals surface area contributed by atoms with Crippen LogP contribution in [0.4, 0.5) is 0 Å². The normalized spacial score (nSPS) is 12.4. The molecule has 2 aromatic rings. The summed E-state index contributed by atoms with van der Waals surface area (Å²) in [5.41, 5.74) is 1.20. The summed E-state index contributed by atoms with van der Waals surface area (Å²) >= 11 is 0. The molecule has 1 heterocycles. The molecule has 0 bridgehead atoms. The number of rotatable bonds is 5. The van der Waals surface area contributed by atoms with E-state index in [9.17, 15) is 0 Å². The smallest absolute Gasteiger partial charge is 0.120 e. The number of furan rings is 1. The van der Waals surface area contributed by atoms with Crippen molar-refractivity contribution in [2.75, 3.05) is 7.11 Å². The number of ether oxygens (including phenoxy) is 1. The van der Waals surface area contributed by atoms with E-state index < -0.39 is 0 Å². The third kappa shape index (κ3) is 3.14. The Morgan fingerprint density at radius 3 is 2.78 bits per heavy atom. The average molecular weight is 245 g/mol. The molecule has 1 aromatic heterocycles. The summed E-state index contributed by atoms with van der Waals surface area (Å²) in [6.45, 7) is 4.84. The molecule has 1 aromatic carbocycles. The quantitative estimate of drug-likeness (QED) is 0.876. The number of methoxy groups -OCH3 is 1. The van der Waals surface area contributed by atoms with E-state index in [4.69, 9.17) is 9.15 Å². The fourth-order valence-electron chi connectivity index (χ4n) is 1.84. The lowest BCUT2D eigenvalue weighted by molar-refractivity contribution is 0.409. The lowest BCUT2D eigenvalue weighted by Crippen LogP contribution is -2.17. The Bertz CT molecular complexity index is 505. The van der Waals surface area contributed by atoms with Gasteiger partial charge in [-0.05, 0) is 43.7 Å². The van der Waals surface area contributed by atoms with E-state index in [1.54, 1.807) is 7.11 Å². The van der Waals surface area contributed by atoms with Crippen LogP contribution in [-0.2, 0) is 6.54 Å². The van der Waals surface area contributed by atoms with Gasteiger partial charge in [-0.3, -0.25) is 0 Å². The van der Waals surface area contributed by atoms with Gasteiger partial charge in [-0.15, -0.1) is 0 Å². The molecule has 18 heavy (non-hydrogen) atoms. The highest BCUT2D eigenvalue weighted by Crippen LogP contribution is 2.17. The van der Waals surface area contributed by atoms with Gasteiger partial charge < -0.3 is 14.5 Å². The largest absolute Gasteiger partial charge is 0.497 e. The standard InChI is InChI=1S/C15H19NO2/c1-11-7-8-15(18-11)12(2)16-10-13-5-4-6-14(9-13)17-3/h4-9,12,16H,10H2,1-3H3. The maximum absolute atomic E-state index is 5.59. The van der Waals surface area contributed by atoms with Crippen molar-refractivity contribution in [2.45, 2.75) is 26.4 Å². The van der Waals surface area contributed by atoms with Gasteiger partial charge in [-0.2, -0.15) is 0 Å². The zero-order valence-corrected chi connectivity index (χ0v) is 11.1. The van der Waals surface area contributed by atoms with Crippen molar-refractivity contribution in [3.63, 3.8) is 0 Å². The molecule has 0 aliphatic carbocycles. The van der Waals surface area contributed by atoms with Gasteiger partial charge in [0.2, 0.25) is 0 Å². The maximum atomic E-state index is 5.59. The molecule has 0 amide bonds. The first-order chi connectivity index (χ1) is 8.69. The van der Waals surface area contributed by atoms with Crippen LogP contribution in [-0.4, -0.2) is 7.11 Å². The third-order valence-corrected chi connectivity index (χ3v) is 2.93. The summed E-state index contributed by atoms with van der Waals surface area (Å²) in [5, 5.41) is 3.43. The van der Waals surface area contributed by atoms with E-state index in [0.29, 0.717) is 0 Å². The first-order valence-electron chi connectivity index (χ1n) is 6.11. The molecule has 0 saturated heterocycles. The van der Waals surface area contributed by atoms with Gasteiger partial charge in [0.15, 0.2) is 0 Å². The fourth-order valence-corrected chi connectivity index (χ4v) is 1.84. The van der Waals surface area contributed by atoms with Gasteiger partial charge in [-0.1, -0.05) is 12.1 Å². The minimum atomic E-state index is 0.199. The highest BCUT2D eigenvalue weighted by atomic mass is 16.5. The lowest BCUT2D eigenvalue weighted by Gasteiger charge is -2.12. The van der Waals surface area contributed by atoms with Gasteiger partial charge in [0.05, 0.1) is 13.2 Å². The van der Waals surface area contributed by atoms with Crippen LogP contribution in [0.15, 0.2) is 40.8 Å². The van der Waals surface area contributed by atoms with Crippen LogP contribution in [0.1, 0.15) is 30.0 Å². The molecular weight excluding hydrogens is 226 g/mol. The van der Waals surface area contributed by atoms with Crippen LogP contribution in [0, 0.1) is 6.92 Å². The minimum Gasteiger partial charge on any atom is -0.497 e. The number of aryl methyl sites for hydroxylation is 1. The fraction of sp³-hybridized carbons (Fsp3) is 0.333. The third-order valence-electron chi connectivity index (χ3n) is 2.93. The van der Waals surface area contributed by atoms with E-state index in [1.165, 1.54) is 5.56 Å². The van der Waals surface area contributed by atoms with Crippen LogP contribution in [0.2, 0.25) is 0 Å². The van der Waals surface area contributed by atoms with Crippen LogP contribution in [0.5, 0.6) is 5.75 Å². The second-order valence-electron chi connectivity index (χ2n) is 4.40. The average Bonchev–Trinajstić information content (AvgIpc) is 2.83. The predicted molar refractivity (Wildman–Crippen MR) is 71.7 cm³/mol. The second-order valence-corrected chi connectivity index (χ2v) is 4.40. The number of benzene rings is 1. The van der Waals surface area contributed by atoms with Gasteiger partial charge in [0.1, 0.15) is 17.3 Å². The molecule has 2 rings (SSSR count). The molecule has 0 fully saturated rings. The number of nitrogens with one attached hydrogen (secondary N) is 1. The Kier molecular flexibility index (Phi) is 4.05. The van der Waals surface area contributed by atoms with Crippen molar-refractivity contribution in [1.82, 2.24) is 5.32 Å². The molecule has 3 heteroatoms. The zero-order chi connectivity index (χ0) is 13.0. The van der Waals surface area contributed by atoms with Crippen LogP contribution < -0.4 is 10.1 Å².